The van der Waals surface area contributed by atoms with Gasteiger partial charge in [-0.3, -0.25) is 0 Å². The van der Waals surface area contributed by atoms with Gasteiger partial charge in [0.25, 0.3) is 0 Å². The standard InChI is InChI=1S/C11H15BrN2O/c1-11(15)5-7-14(8-6-11)10-4-2-3-9(12)13-10/h2-4,15H,5-8H2,1H3. The van der Waals surface area contributed by atoms with E-state index in [0.717, 1.165) is 36.4 Å². The number of piperidine rings is 1. The topological polar surface area (TPSA) is 36.4 Å². The Morgan fingerprint density at radius 2 is 2.07 bits per heavy atom. The minimum atomic E-state index is -0.498. The van der Waals surface area contributed by atoms with Gasteiger partial charge in [0, 0.05) is 13.1 Å². The second-order valence-corrected chi connectivity index (χ2v) is 5.11. The fourth-order valence-electron chi connectivity index (χ4n) is 1.79. The number of nitrogens with zero attached hydrogens (tertiary/aromatic N) is 2. The van der Waals surface area contributed by atoms with Gasteiger partial charge in [-0.15, -0.1) is 0 Å². The summed E-state index contributed by atoms with van der Waals surface area (Å²) >= 11 is 3.36. The minimum absolute atomic E-state index is 0.498. The molecule has 0 atom stereocenters. The molecule has 1 aromatic heterocycles. The molecular formula is C11H15BrN2O. The molecule has 0 radical (unpaired) electrons. The van der Waals surface area contributed by atoms with Gasteiger partial charge in [0.15, 0.2) is 0 Å². The van der Waals surface area contributed by atoms with Crippen molar-refractivity contribution in [2.75, 3.05) is 18.0 Å². The summed E-state index contributed by atoms with van der Waals surface area (Å²) in [4.78, 5) is 6.62. The molecule has 1 saturated heterocycles. The van der Waals surface area contributed by atoms with Crippen molar-refractivity contribution < 1.29 is 5.11 Å². The van der Waals surface area contributed by atoms with E-state index in [0.29, 0.717) is 0 Å². The van der Waals surface area contributed by atoms with Crippen LogP contribution < -0.4 is 4.90 Å². The molecule has 1 aliphatic heterocycles. The SMILES string of the molecule is CC1(O)CCN(c2cccc(Br)n2)CC1. The van der Waals surface area contributed by atoms with E-state index < -0.39 is 5.60 Å². The maximum absolute atomic E-state index is 9.84. The molecule has 0 spiro atoms. The molecular weight excluding hydrogens is 256 g/mol. The highest BCUT2D eigenvalue weighted by Crippen LogP contribution is 2.25. The van der Waals surface area contributed by atoms with Crippen molar-refractivity contribution in [3.63, 3.8) is 0 Å². The van der Waals surface area contributed by atoms with Gasteiger partial charge in [0.05, 0.1) is 5.60 Å². The van der Waals surface area contributed by atoms with Gasteiger partial charge in [-0.05, 0) is 47.8 Å². The minimum Gasteiger partial charge on any atom is -0.390 e. The molecule has 0 aromatic carbocycles. The zero-order valence-corrected chi connectivity index (χ0v) is 10.4. The smallest absolute Gasteiger partial charge is 0.129 e. The molecule has 0 saturated carbocycles. The highest BCUT2D eigenvalue weighted by atomic mass is 79.9. The average Bonchev–Trinajstić information content (AvgIpc) is 2.17. The highest BCUT2D eigenvalue weighted by molar-refractivity contribution is 9.10. The summed E-state index contributed by atoms with van der Waals surface area (Å²) in [5.41, 5.74) is -0.498. The van der Waals surface area contributed by atoms with Crippen LogP contribution >= 0.6 is 15.9 Å². The van der Waals surface area contributed by atoms with Gasteiger partial charge < -0.3 is 10.0 Å². The van der Waals surface area contributed by atoms with Gasteiger partial charge in [-0.25, -0.2) is 4.98 Å². The lowest BCUT2D eigenvalue weighted by molar-refractivity contribution is 0.0350. The average molecular weight is 271 g/mol. The van der Waals surface area contributed by atoms with Crippen LogP contribution in [0.3, 0.4) is 0 Å². The quantitative estimate of drug-likeness (QED) is 0.795. The Balaban J connectivity index is 2.08. The lowest BCUT2D eigenvalue weighted by atomic mass is 9.94. The molecule has 1 N–H and O–H groups in total. The molecule has 3 nitrogen and oxygen atoms in total. The number of hydrogen-bond donors (Lipinski definition) is 1. The Labute approximate surface area is 98.3 Å². The number of anilines is 1. The van der Waals surface area contributed by atoms with E-state index in [2.05, 4.69) is 25.8 Å². The molecule has 15 heavy (non-hydrogen) atoms. The van der Waals surface area contributed by atoms with E-state index in [-0.39, 0.29) is 0 Å². The van der Waals surface area contributed by atoms with Crippen LogP contribution in [0.1, 0.15) is 19.8 Å². The fraction of sp³-hybridized carbons (Fsp3) is 0.545. The van der Waals surface area contributed by atoms with E-state index in [9.17, 15) is 5.11 Å². The first-order valence-corrected chi connectivity index (χ1v) is 5.96. The molecule has 4 heteroatoms. The molecule has 1 fully saturated rings. The second-order valence-electron chi connectivity index (χ2n) is 4.30. The predicted molar refractivity (Wildman–Crippen MR) is 64.0 cm³/mol. The van der Waals surface area contributed by atoms with Crippen LogP contribution in [0, 0.1) is 0 Å². The lowest BCUT2D eigenvalue weighted by Crippen LogP contribution is -2.42. The summed E-state index contributed by atoms with van der Waals surface area (Å²) in [7, 11) is 0. The van der Waals surface area contributed by atoms with Crippen molar-refractivity contribution in [1.29, 1.82) is 0 Å². The molecule has 0 aliphatic carbocycles. The molecule has 2 heterocycles. The zero-order valence-electron chi connectivity index (χ0n) is 8.78. The molecule has 2 rings (SSSR count). The van der Waals surface area contributed by atoms with Gasteiger partial charge in [0.1, 0.15) is 10.4 Å². The Bertz CT molecular complexity index is 344. The van der Waals surface area contributed by atoms with Crippen molar-refractivity contribution >= 4 is 21.7 Å². The lowest BCUT2D eigenvalue weighted by Gasteiger charge is -2.36. The zero-order chi connectivity index (χ0) is 10.9. The van der Waals surface area contributed by atoms with Crippen molar-refractivity contribution in [2.24, 2.45) is 0 Å². The van der Waals surface area contributed by atoms with Gasteiger partial charge in [0.2, 0.25) is 0 Å². The predicted octanol–water partition coefficient (Wildman–Crippen LogP) is 2.20. The van der Waals surface area contributed by atoms with Gasteiger partial charge in [-0.1, -0.05) is 6.07 Å². The maximum atomic E-state index is 9.84. The van der Waals surface area contributed by atoms with Crippen LogP contribution in [0.5, 0.6) is 0 Å². The fourth-order valence-corrected chi connectivity index (χ4v) is 2.13. The second kappa shape index (κ2) is 4.10. The van der Waals surface area contributed by atoms with Crippen LogP contribution in [-0.4, -0.2) is 28.8 Å². The number of halogens is 1. The van der Waals surface area contributed by atoms with Crippen LogP contribution in [0.2, 0.25) is 0 Å². The Kier molecular flexibility index (Phi) is 2.98. The van der Waals surface area contributed by atoms with Crippen LogP contribution in [0.25, 0.3) is 0 Å². The molecule has 0 bridgehead atoms. The summed E-state index contributed by atoms with van der Waals surface area (Å²) < 4.78 is 0.859. The molecule has 1 aliphatic rings. The van der Waals surface area contributed by atoms with E-state index >= 15 is 0 Å². The van der Waals surface area contributed by atoms with Crippen molar-refractivity contribution in [3.05, 3.63) is 22.8 Å². The number of hydrogen-bond acceptors (Lipinski definition) is 3. The first-order chi connectivity index (χ1) is 7.07. The van der Waals surface area contributed by atoms with E-state index in [1.807, 2.05) is 25.1 Å². The monoisotopic (exact) mass is 270 g/mol. The largest absolute Gasteiger partial charge is 0.390 e. The van der Waals surface area contributed by atoms with Gasteiger partial charge >= 0.3 is 0 Å². The summed E-state index contributed by atoms with van der Waals surface area (Å²) in [6.45, 7) is 3.64. The van der Waals surface area contributed by atoms with Crippen molar-refractivity contribution in [3.8, 4) is 0 Å². The van der Waals surface area contributed by atoms with Crippen molar-refractivity contribution in [1.82, 2.24) is 4.98 Å². The third kappa shape index (κ3) is 2.69. The third-order valence-corrected chi connectivity index (χ3v) is 3.31. The Morgan fingerprint density at radius 1 is 1.40 bits per heavy atom. The van der Waals surface area contributed by atoms with E-state index in [1.54, 1.807) is 0 Å². The number of rotatable bonds is 1. The summed E-state index contributed by atoms with van der Waals surface area (Å²) in [6, 6.07) is 5.91. The van der Waals surface area contributed by atoms with Crippen LogP contribution in [-0.2, 0) is 0 Å². The van der Waals surface area contributed by atoms with Gasteiger partial charge in [-0.2, -0.15) is 0 Å². The highest BCUT2D eigenvalue weighted by Gasteiger charge is 2.27. The molecule has 0 unspecified atom stereocenters. The molecule has 82 valence electrons. The van der Waals surface area contributed by atoms with Crippen LogP contribution in [0.4, 0.5) is 5.82 Å². The normalized spacial score (nSPS) is 20.3. The first-order valence-electron chi connectivity index (χ1n) is 5.17. The summed E-state index contributed by atoms with van der Waals surface area (Å²) in [6.07, 6.45) is 1.61. The third-order valence-electron chi connectivity index (χ3n) is 2.87. The number of pyridine rings is 1. The van der Waals surface area contributed by atoms with Crippen LogP contribution in [0.15, 0.2) is 22.8 Å². The summed E-state index contributed by atoms with van der Waals surface area (Å²) in [5, 5.41) is 9.84. The van der Waals surface area contributed by atoms with E-state index in [4.69, 9.17) is 0 Å². The Hall–Kier alpha value is -0.610. The Morgan fingerprint density at radius 3 is 2.67 bits per heavy atom. The molecule has 0 amide bonds. The number of aromatic nitrogens is 1. The molecule has 1 aromatic rings. The first kappa shape index (κ1) is 10.9. The van der Waals surface area contributed by atoms with E-state index in [1.165, 1.54) is 0 Å². The maximum Gasteiger partial charge on any atom is 0.129 e. The number of aliphatic hydroxyl groups is 1. The summed E-state index contributed by atoms with van der Waals surface area (Å²) in [5.74, 6) is 0.986. The van der Waals surface area contributed by atoms with Crippen molar-refractivity contribution in [2.45, 2.75) is 25.4 Å².